The highest BCUT2D eigenvalue weighted by Crippen LogP contribution is 2.22. The van der Waals surface area contributed by atoms with Crippen LogP contribution >= 0.6 is 0 Å². The fraction of sp³-hybridized carbons (Fsp3) is 0.364. The first-order valence-corrected chi connectivity index (χ1v) is 9.17. The number of aryl methyl sites for hydroxylation is 1. The lowest BCUT2D eigenvalue weighted by atomic mass is 9.87. The lowest BCUT2D eigenvalue weighted by Gasteiger charge is -2.19. The molecule has 5 nitrogen and oxygen atoms in total. The second kappa shape index (κ2) is 8.71. The number of nitrogens with one attached hydrogen (secondary N) is 2. The Balaban J connectivity index is 1.87. The van der Waals surface area contributed by atoms with Crippen molar-refractivity contribution in [3.05, 3.63) is 65.2 Å². The summed E-state index contributed by atoms with van der Waals surface area (Å²) in [6.45, 7) is 10.0. The molecule has 0 aliphatic carbocycles. The molecule has 144 valence electrons. The lowest BCUT2D eigenvalue weighted by Crippen LogP contribution is -2.47. The number of amides is 2. The highest BCUT2D eigenvalue weighted by atomic mass is 16.5. The van der Waals surface area contributed by atoms with E-state index in [-0.39, 0.29) is 11.3 Å². The number of hydrogen-bond donors (Lipinski definition) is 2. The second-order valence-electron chi connectivity index (χ2n) is 7.53. The molecule has 0 aliphatic rings. The largest absolute Gasteiger partial charge is 0.481 e. The van der Waals surface area contributed by atoms with Gasteiger partial charge in [-0.05, 0) is 54.2 Å². The van der Waals surface area contributed by atoms with E-state index < -0.39 is 12.0 Å². The van der Waals surface area contributed by atoms with E-state index in [2.05, 4.69) is 38.5 Å². The molecule has 0 saturated heterocycles. The van der Waals surface area contributed by atoms with Gasteiger partial charge < -0.3 is 4.74 Å². The van der Waals surface area contributed by atoms with Crippen molar-refractivity contribution in [2.24, 2.45) is 0 Å². The van der Waals surface area contributed by atoms with Crippen molar-refractivity contribution < 1.29 is 14.3 Å². The van der Waals surface area contributed by atoms with Crippen LogP contribution in [0.4, 0.5) is 0 Å². The zero-order valence-corrected chi connectivity index (χ0v) is 16.6. The quantitative estimate of drug-likeness (QED) is 0.790. The van der Waals surface area contributed by atoms with Crippen LogP contribution < -0.4 is 15.6 Å². The van der Waals surface area contributed by atoms with Gasteiger partial charge in [-0.2, -0.15) is 0 Å². The minimum absolute atomic E-state index is 0.0192. The molecule has 0 radical (unpaired) electrons. The van der Waals surface area contributed by atoms with Gasteiger partial charge in [-0.3, -0.25) is 20.4 Å². The van der Waals surface area contributed by atoms with Crippen molar-refractivity contribution in [1.82, 2.24) is 10.9 Å². The molecule has 2 rings (SSSR count). The fourth-order valence-corrected chi connectivity index (χ4v) is 2.48. The van der Waals surface area contributed by atoms with Gasteiger partial charge in [-0.15, -0.1) is 0 Å². The van der Waals surface area contributed by atoms with Crippen molar-refractivity contribution in [1.29, 1.82) is 0 Å². The summed E-state index contributed by atoms with van der Waals surface area (Å²) in [5.41, 5.74) is 7.66. The van der Waals surface area contributed by atoms with E-state index in [1.807, 2.05) is 36.4 Å². The molecule has 1 unspecified atom stereocenters. The number of carbonyl (C=O) groups excluding carboxylic acids is 2. The Morgan fingerprint density at radius 1 is 0.963 bits per heavy atom. The molecule has 1 atom stereocenters. The predicted octanol–water partition coefficient (Wildman–Crippen LogP) is 3.78. The molecule has 5 heteroatoms. The summed E-state index contributed by atoms with van der Waals surface area (Å²) >= 11 is 0. The van der Waals surface area contributed by atoms with Crippen molar-refractivity contribution in [2.45, 2.75) is 52.6 Å². The van der Waals surface area contributed by atoms with Crippen LogP contribution in [0.5, 0.6) is 5.75 Å². The standard InChI is InChI=1S/C22H28N2O3/c1-6-16-7-13-19(14-8-16)27-15(2)20(25)23-24-21(26)17-9-11-18(12-10-17)22(3,4)5/h7-15H,6H2,1-5H3,(H,23,25)(H,24,26). The van der Waals surface area contributed by atoms with Crippen LogP contribution in [0, 0.1) is 0 Å². The van der Waals surface area contributed by atoms with Gasteiger partial charge in [0.2, 0.25) is 0 Å². The topological polar surface area (TPSA) is 67.4 Å². The number of ether oxygens (including phenoxy) is 1. The van der Waals surface area contributed by atoms with Gasteiger partial charge in [-0.1, -0.05) is 52.0 Å². The molecular formula is C22H28N2O3. The van der Waals surface area contributed by atoms with Crippen LogP contribution in [0.15, 0.2) is 48.5 Å². The van der Waals surface area contributed by atoms with Gasteiger partial charge in [0, 0.05) is 5.56 Å². The summed E-state index contributed by atoms with van der Waals surface area (Å²) in [6.07, 6.45) is 0.208. The van der Waals surface area contributed by atoms with E-state index in [0.717, 1.165) is 12.0 Å². The summed E-state index contributed by atoms with van der Waals surface area (Å²) in [5, 5.41) is 0. The Morgan fingerprint density at radius 2 is 1.56 bits per heavy atom. The average molecular weight is 368 g/mol. The molecule has 27 heavy (non-hydrogen) atoms. The smallest absolute Gasteiger partial charge is 0.279 e. The molecular weight excluding hydrogens is 340 g/mol. The van der Waals surface area contributed by atoms with E-state index in [0.29, 0.717) is 11.3 Å². The maximum Gasteiger partial charge on any atom is 0.279 e. The average Bonchev–Trinajstić information content (AvgIpc) is 2.65. The lowest BCUT2D eigenvalue weighted by molar-refractivity contribution is -0.128. The van der Waals surface area contributed by atoms with Crippen LogP contribution in [0.25, 0.3) is 0 Å². The zero-order chi connectivity index (χ0) is 20.0. The molecule has 0 fully saturated rings. The van der Waals surface area contributed by atoms with E-state index in [1.165, 1.54) is 5.56 Å². The molecule has 2 amide bonds. The number of rotatable bonds is 5. The van der Waals surface area contributed by atoms with Crippen molar-refractivity contribution in [2.75, 3.05) is 0 Å². The third-order valence-electron chi connectivity index (χ3n) is 4.33. The summed E-state index contributed by atoms with van der Waals surface area (Å²) in [7, 11) is 0. The Kier molecular flexibility index (Phi) is 6.61. The van der Waals surface area contributed by atoms with Crippen LogP contribution in [0.1, 0.15) is 56.1 Å². The van der Waals surface area contributed by atoms with Crippen molar-refractivity contribution in [3.63, 3.8) is 0 Å². The zero-order valence-electron chi connectivity index (χ0n) is 16.6. The molecule has 0 heterocycles. The maximum atomic E-state index is 12.2. The molecule has 2 N–H and O–H groups in total. The van der Waals surface area contributed by atoms with Crippen molar-refractivity contribution in [3.8, 4) is 5.75 Å². The minimum Gasteiger partial charge on any atom is -0.481 e. The predicted molar refractivity (Wildman–Crippen MR) is 107 cm³/mol. The Bertz CT molecular complexity index is 775. The Hall–Kier alpha value is -2.82. The van der Waals surface area contributed by atoms with Gasteiger partial charge in [0.15, 0.2) is 6.10 Å². The van der Waals surface area contributed by atoms with E-state index in [1.54, 1.807) is 19.1 Å². The first-order valence-electron chi connectivity index (χ1n) is 9.17. The van der Waals surface area contributed by atoms with Crippen molar-refractivity contribution >= 4 is 11.8 Å². The number of hydrogen-bond acceptors (Lipinski definition) is 3. The van der Waals surface area contributed by atoms with E-state index in [9.17, 15) is 9.59 Å². The summed E-state index contributed by atoms with van der Waals surface area (Å²) in [4.78, 5) is 24.3. The third kappa shape index (κ3) is 5.84. The van der Waals surface area contributed by atoms with Crippen LogP contribution in [0.2, 0.25) is 0 Å². The fourth-order valence-electron chi connectivity index (χ4n) is 2.48. The van der Waals surface area contributed by atoms with Crippen LogP contribution in [-0.2, 0) is 16.6 Å². The van der Waals surface area contributed by atoms with Crippen LogP contribution in [-0.4, -0.2) is 17.9 Å². The van der Waals surface area contributed by atoms with Gasteiger partial charge >= 0.3 is 0 Å². The SMILES string of the molecule is CCc1ccc(OC(C)C(=O)NNC(=O)c2ccc(C(C)(C)C)cc2)cc1. The first kappa shape index (κ1) is 20.5. The normalized spacial score (nSPS) is 12.2. The Labute approximate surface area is 161 Å². The van der Waals surface area contributed by atoms with Crippen LogP contribution in [0.3, 0.4) is 0 Å². The first-order chi connectivity index (χ1) is 12.7. The van der Waals surface area contributed by atoms with Gasteiger partial charge in [-0.25, -0.2) is 0 Å². The van der Waals surface area contributed by atoms with Gasteiger partial charge in [0.25, 0.3) is 11.8 Å². The summed E-state index contributed by atoms with van der Waals surface area (Å²) < 4.78 is 5.60. The Morgan fingerprint density at radius 3 is 2.07 bits per heavy atom. The number of hydrazine groups is 1. The van der Waals surface area contributed by atoms with Gasteiger partial charge in [0.05, 0.1) is 0 Å². The minimum atomic E-state index is -0.735. The molecule has 0 aliphatic heterocycles. The molecule has 0 aromatic heterocycles. The molecule has 2 aromatic rings. The monoisotopic (exact) mass is 368 g/mol. The van der Waals surface area contributed by atoms with Gasteiger partial charge in [0.1, 0.15) is 5.75 Å². The molecule has 0 spiro atoms. The summed E-state index contributed by atoms with van der Waals surface area (Å²) in [5.74, 6) is -0.184. The molecule has 0 bridgehead atoms. The third-order valence-corrected chi connectivity index (χ3v) is 4.33. The second-order valence-corrected chi connectivity index (χ2v) is 7.53. The molecule has 0 saturated carbocycles. The highest BCUT2D eigenvalue weighted by molar-refractivity contribution is 5.95. The number of benzene rings is 2. The van der Waals surface area contributed by atoms with E-state index in [4.69, 9.17) is 4.74 Å². The maximum absolute atomic E-state index is 12.2. The number of carbonyl (C=O) groups is 2. The summed E-state index contributed by atoms with van der Waals surface area (Å²) in [6, 6.07) is 14.9. The molecule has 2 aromatic carbocycles. The van der Waals surface area contributed by atoms with E-state index >= 15 is 0 Å². The highest BCUT2D eigenvalue weighted by Gasteiger charge is 2.17.